The summed E-state index contributed by atoms with van der Waals surface area (Å²) in [5.41, 5.74) is 1.92. The van der Waals surface area contributed by atoms with Gasteiger partial charge in [-0.2, -0.15) is 0 Å². The van der Waals surface area contributed by atoms with Crippen LogP contribution in [-0.2, 0) is 4.74 Å². The second kappa shape index (κ2) is 7.66. The molecule has 0 aliphatic carbocycles. The third-order valence-corrected chi connectivity index (χ3v) is 4.83. The molecule has 0 unspecified atom stereocenters. The molecule has 2 aromatic rings. The molecule has 0 aliphatic heterocycles. The van der Waals surface area contributed by atoms with Gasteiger partial charge in [-0.15, -0.1) is 11.8 Å². The molecule has 4 nitrogen and oxygen atoms in total. The Morgan fingerprint density at radius 1 is 1.29 bits per heavy atom. The van der Waals surface area contributed by atoms with Gasteiger partial charge in [0.25, 0.3) is 0 Å². The summed E-state index contributed by atoms with van der Waals surface area (Å²) in [6.07, 6.45) is 0. The smallest absolute Gasteiger partial charge is 0.340 e. The van der Waals surface area contributed by atoms with Crippen LogP contribution in [0.5, 0.6) is 0 Å². The van der Waals surface area contributed by atoms with Gasteiger partial charge in [0.15, 0.2) is 5.78 Å². The number of aromatic nitrogens is 1. The van der Waals surface area contributed by atoms with Gasteiger partial charge >= 0.3 is 5.97 Å². The third-order valence-electron chi connectivity index (χ3n) is 3.67. The van der Waals surface area contributed by atoms with E-state index >= 15 is 0 Å². The number of thioether (sulfide) groups is 1. The number of esters is 1. The molecule has 6 heteroatoms. The topological polar surface area (TPSA) is 59.2 Å². The van der Waals surface area contributed by atoms with Crippen LogP contribution in [0.4, 0.5) is 4.39 Å². The number of hydrogen-bond donors (Lipinski definition) is 1. The normalized spacial score (nSPS) is 12.0. The Balaban J connectivity index is 2.25. The summed E-state index contributed by atoms with van der Waals surface area (Å²) in [5, 5.41) is -0.492. The van der Waals surface area contributed by atoms with E-state index in [9.17, 15) is 14.0 Å². The van der Waals surface area contributed by atoms with E-state index in [0.29, 0.717) is 27.4 Å². The molecule has 1 N–H and O–H groups in total. The highest BCUT2D eigenvalue weighted by Crippen LogP contribution is 2.29. The first-order chi connectivity index (χ1) is 11.4. The zero-order chi connectivity index (χ0) is 17.9. The minimum absolute atomic E-state index is 0.181. The third kappa shape index (κ3) is 3.70. The molecule has 0 aliphatic rings. The molecule has 0 saturated heterocycles. The van der Waals surface area contributed by atoms with E-state index in [1.807, 2.05) is 0 Å². The van der Waals surface area contributed by atoms with Crippen molar-refractivity contribution in [2.75, 3.05) is 6.61 Å². The van der Waals surface area contributed by atoms with Gasteiger partial charge in [0, 0.05) is 10.6 Å². The number of H-pyrrole nitrogens is 1. The molecule has 1 aromatic carbocycles. The molecule has 1 atom stereocenters. The van der Waals surface area contributed by atoms with Gasteiger partial charge in [-0.25, -0.2) is 9.18 Å². The number of hydrogen-bond acceptors (Lipinski definition) is 4. The van der Waals surface area contributed by atoms with Crippen LogP contribution in [0.25, 0.3) is 0 Å². The number of Topliss-reactive ketones (excluding diaryl/α,β-unsaturated/α-hetero) is 1. The fraction of sp³-hybridized carbons (Fsp3) is 0.333. The van der Waals surface area contributed by atoms with Crippen LogP contribution in [-0.4, -0.2) is 28.6 Å². The molecule has 1 heterocycles. The van der Waals surface area contributed by atoms with Crippen molar-refractivity contribution < 1.29 is 18.7 Å². The summed E-state index contributed by atoms with van der Waals surface area (Å²) >= 11 is 1.15. The molecule has 0 radical (unpaired) electrons. The van der Waals surface area contributed by atoms with Crippen LogP contribution in [0.15, 0.2) is 29.2 Å². The fourth-order valence-corrected chi connectivity index (χ4v) is 3.44. The number of nitrogens with one attached hydrogen (secondary N) is 1. The molecule has 1 aromatic heterocycles. The van der Waals surface area contributed by atoms with Crippen molar-refractivity contribution in [3.63, 3.8) is 0 Å². The molecule has 24 heavy (non-hydrogen) atoms. The van der Waals surface area contributed by atoms with Crippen molar-refractivity contribution in [2.24, 2.45) is 0 Å². The number of aryl methyl sites for hydroxylation is 1. The van der Waals surface area contributed by atoms with E-state index in [1.54, 1.807) is 45.9 Å². The van der Waals surface area contributed by atoms with Crippen molar-refractivity contribution >= 4 is 23.5 Å². The van der Waals surface area contributed by atoms with E-state index in [-0.39, 0.29) is 18.2 Å². The highest BCUT2D eigenvalue weighted by molar-refractivity contribution is 8.00. The highest BCUT2D eigenvalue weighted by atomic mass is 32.2. The SMILES string of the molecule is CCOC(=O)c1c(C)[nH]c(C(=O)[C@H](C)Sc2ccccc2F)c1C. The summed E-state index contributed by atoms with van der Waals surface area (Å²) in [4.78, 5) is 28.1. The van der Waals surface area contributed by atoms with E-state index in [4.69, 9.17) is 4.74 Å². The highest BCUT2D eigenvalue weighted by Gasteiger charge is 2.26. The first kappa shape index (κ1) is 18.3. The van der Waals surface area contributed by atoms with Gasteiger partial charge < -0.3 is 9.72 Å². The van der Waals surface area contributed by atoms with Crippen LogP contribution >= 0.6 is 11.8 Å². The predicted molar refractivity (Wildman–Crippen MR) is 92.3 cm³/mol. The summed E-state index contributed by atoms with van der Waals surface area (Å²) in [6, 6.07) is 6.34. The summed E-state index contributed by atoms with van der Waals surface area (Å²) in [6.45, 7) is 7.16. The first-order valence-corrected chi connectivity index (χ1v) is 8.56. The van der Waals surface area contributed by atoms with Crippen LogP contribution in [0, 0.1) is 19.7 Å². The molecule has 0 spiro atoms. The molecule has 0 amide bonds. The minimum Gasteiger partial charge on any atom is -0.462 e. The largest absolute Gasteiger partial charge is 0.462 e. The summed E-state index contributed by atoms with van der Waals surface area (Å²) < 4.78 is 18.8. The van der Waals surface area contributed by atoms with Crippen molar-refractivity contribution in [3.05, 3.63) is 52.6 Å². The quantitative estimate of drug-likeness (QED) is 0.480. The lowest BCUT2D eigenvalue weighted by atomic mass is 10.1. The summed E-state index contributed by atoms with van der Waals surface area (Å²) in [5.74, 6) is -0.981. The molecule has 2 rings (SSSR count). The molecular weight excluding hydrogens is 329 g/mol. The summed E-state index contributed by atoms with van der Waals surface area (Å²) in [7, 11) is 0. The number of carbonyl (C=O) groups excluding carboxylic acids is 2. The Hall–Kier alpha value is -2.08. The Kier molecular flexibility index (Phi) is 5.83. The number of halogens is 1. The number of ketones is 1. The number of ether oxygens (including phenoxy) is 1. The Morgan fingerprint density at radius 3 is 2.58 bits per heavy atom. The lowest BCUT2D eigenvalue weighted by Crippen LogP contribution is -2.15. The predicted octanol–water partition coefficient (Wildman–Crippen LogP) is 4.31. The van der Waals surface area contributed by atoms with Crippen LogP contribution < -0.4 is 0 Å². The van der Waals surface area contributed by atoms with Crippen molar-refractivity contribution in [1.82, 2.24) is 4.98 Å². The van der Waals surface area contributed by atoms with Crippen molar-refractivity contribution in [1.29, 1.82) is 0 Å². The maximum absolute atomic E-state index is 13.8. The number of carbonyl (C=O) groups is 2. The maximum atomic E-state index is 13.8. The van der Waals surface area contributed by atoms with Crippen LogP contribution in [0.1, 0.15) is 46.0 Å². The van der Waals surface area contributed by atoms with E-state index in [0.717, 1.165) is 11.8 Å². The zero-order valence-electron chi connectivity index (χ0n) is 14.1. The van der Waals surface area contributed by atoms with Gasteiger partial charge in [-0.05, 0) is 45.4 Å². The second-order valence-corrected chi connectivity index (χ2v) is 6.78. The molecule has 0 saturated carbocycles. The Morgan fingerprint density at radius 2 is 1.96 bits per heavy atom. The van der Waals surface area contributed by atoms with Gasteiger partial charge in [0.2, 0.25) is 0 Å². The van der Waals surface area contributed by atoms with E-state index < -0.39 is 11.2 Å². The minimum atomic E-state index is -0.492. The van der Waals surface area contributed by atoms with Crippen molar-refractivity contribution in [3.8, 4) is 0 Å². The first-order valence-electron chi connectivity index (χ1n) is 7.68. The monoisotopic (exact) mass is 349 g/mol. The lowest BCUT2D eigenvalue weighted by Gasteiger charge is -2.11. The van der Waals surface area contributed by atoms with Gasteiger partial charge in [-0.3, -0.25) is 4.79 Å². The number of rotatable bonds is 6. The average molecular weight is 349 g/mol. The molecule has 128 valence electrons. The Bertz CT molecular complexity index is 770. The van der Waals surface area contributed by atoms with Crippen LogP contribution in [0.2, 0.25) is 0 Å². The molecular formula is C18H20FNO3S. The average Bonchev–Trinajstić information content (AvgIpc) is 2.83. The van der Waals surface area contributed by atoms with E-state index in [2.05, 4.69) is 4.98 Å². The van der Waals surface area contributed by atoms with Crippen molar-refractivity contribution in [2.45, 2.75) is 37.8 Å². The van der Waals surface area contributed by atoms with Crippen LogP contribution in [0.3, 0.4) is 0 Å². The number of aromatic amines is 1. The lowest BCUT2D eigenvalue weighted by molar-refractivity contribution is 0.0525. The molecule has 0 fully saturated rings. The van der Waals surface area contributed by atoms with Gasteiger partial charge in [-0.1, -0.05) is 12.1 Å². The second-order valence-electron chi connectivity index (χ2n) is 5.40. The zero-order valence-corrected chi connectivity index (χ0v) is 14.9. The number of benzene rings is 1. The Labute approximate surface area is 144 Å². The molecule has 0 bridgehead atoms. The van der Waals surface area contributed by atoms with E-state index in [1.165, 1.54) is 6.07 Å². The van der Waals surface area contributed by atoms with Gasteiger partial charge in [0.1, 0.15) is 5.82 Å². The fourth-order valence-electron chi connectivity index (χ4n) is 2.49. The van der Waals surface area contributed by atoms with Gasteiger partial charge in [0.05, 0.1) is 23.1 Å². The maximum Gasteiger partial charge on any atom is 0.340 e. The standard InChI is InChI=1S/C18H20FNO3S/c1-5-23-18(22)15-10(2)16(20-11(15)3)17(21)12(4)24-14-9-7-6-8-13(14)19/h6-9,12,20H,5H2,1-4H3/t12-/m0/s1.